The molecule has 0 unspecified atom stereocenters. The minimum Gasteiger partial charge on any atom is -0.385 e. The van der Waals surface area contributed by atoms with Crippen LogP contribution in [0.1, 0.15) is 58.0 Å². The zero-order valence-electron chi connectivity index (χ0n) is 14.0. The van der Waals surface area contributed by atoms with Crippen molar-refractivity contribution in [2.24, 2.45) is 0 Å². The molecular formula is C20H15F4NOS. The summed E-state index contributed by atoms with van der Waals surface area (Å²) in [5, 5.41) is 19.5. The van der Waals surface area contributed by atoms with E-state index < -0.39 is 36.4 Å². The van der Waals surface area contributed by atoms with Gasteiger partial charge < -0.3 is 5.11 Å². The molecule has 0 saturated heterocycles. The van der Waals surface area contributed by atoms with Crippen LogP contribution in [0.25, 0.3) is 0 Å². The molecule has 7 heteroatoms. The van der Waals surface area contributed by atoms with Crippen molar-refractivity contribution >= 4 is 12.6 Å². The first-order valence-corrected chi connectivity index (χ1v) is 8.96. The third kappa shape index (κ3) is 2.74. The van der Waals surface area contributed by atoms with E-state index in [1.165, 1.54) is 0 Å². The Labute approximate surface area is 158 Å². The van der Waals surface area contributed by atoms with E-state index in [4.69, 9.17) is 0 Å². The molecule has 2 aromatic rings. The molecule has 140 valence electrons. The number of nitriles is 1. The van der Waals surface area contributed by atoms with Crippen molar-refractivity contribution in [2.75, 3.05) is 0 Å². The molecule has 0 aromatic heterocycles. The third-order valence-electron chi connectivity index (χ3n) is 5.50. The zero-order valence-corrected chi connectivity index (χ0v) is 14.9. The Morgan fingerprint density at radius 2 is 1.81 bits per heavy atom. The fourth-order valence-electron chi connectivity index (χ4n) is 4.33. The van der Waals surface area contributed by atoms with E-state index in [1.54, 1.807) is 12.1 Å². The maximum Gasteiger partial charge on any atom is 0.157 e. The molecule has 0 fully saturated rings. The molecule has 2 aromatic carbocycles. The molecule has 0 spiro atoms. The summed E-state index contributed by atoms with van der Waals surface area (Å²) < 4.78 is 56.8. The molecule has 0 saturated carbocycles. The Morgan fingerprint density at radius 1 is 1.07 bits per heavy atom. The van der Waals surface area contributed by atoms with Crippen molar-refractivity contribution in [3.8, 4) is 6.07 Å². The predicted molar refractivity (Wildman–Crippen MR) is 93.6 cm³/mol. The number of aliphatic hydroxyl groups excluding tert-OH is 1. The normalized spacial score (nSPS) is 29.1. The van der Waals surface area contributed by atoms with Gasteiger partial charge in [0.15, 0.2) is 6.17 Å². The molecule has 0 amide bonds. The summed E-state index contributed by atoms with van der Waals surface area (Å²) in [5.41, 5.74) is 1.32. The van der Waals surface area contributed by atoms with Crippen molar-refractivity contribution in [3.63, 3.8) is 0 Å². The van der Waals surface area contributed by atoms with Gasteiger partial charge in [0.2, 0.25) is 0 Å². The van der Waals surface area contributed by atoms with Gasteiger partial charge in [0, 0.05) is 22.8 Å². The van der Waals surface area contributed by atoms with Crippen molar-refractivity contribution < 1.29 is 22.7 Å². The van der Waals surface area contributed by atoms with Crippen molar-refractivity contribution in [3.05, 3.63) is 63.5 Å². The molecule has 2 aliphatic carbocycles. The molecule has 5 atom stereocenters. The van der Waals surface area contributed by atoms with E-state index in [0.29, 0.717) is 21.6 Å². The highest BCUT2D eigenvalue weighted by Gasteiger charge is 2.42. The van der Waals surface area contributed by atoms with Crippen LogP contribution in [0.15, 0.2) is 29.2 Å². The van der Waals surface area contributed by atoms with E-state index in [9.17, 15) is 27.9 Å². The SMILES string of the molecule is N#Cc1cc(F)cc2c1[C@H](c1ccc(S)c3c1C[C@H](F)[C@@H]3O)C[C@@H](F)[C@H]2F. The van der Waals surface area contributed by atoms with Gasteiger partial charge in [-0.15, -0.1) is 12.6 Å². The van der Waals surface area contributed by atoms with E-state index in [0.717, 1.165) is 12.1 Å². The van der Waals surface area contributed by atoms with Gasteiger partial charge in [-0.05, 0) is 46.9 Å². The summed E-state index contributed by atoms with van der Waals surface area (Å²) in [4.78, 5) is 0.414. The molecule has 4 rings (SSSR count). The third-order valence-corrected chi connectivity index (χ3v) is 5.89. The number of halogens is 4. The second kappa shape index (κ2) is 6.54. The van der Waals surface area contributed by atoms with Gasteiger partial charge in [0.25, 0.3) is 0 Å². The first kappa shape index (κ1) is 18.3. The number of hydrogen-bond acceptors (Lipinski definition) is 3. The summed E-state index contributed by atoms with van der Waals surface area (Å²) >= 11 is 4.28. The molecule has 2 aliphatic rings. The highest BCUT2D eigenvalue weighted by atomic mass is 32.1. The lowest BCUT2D eigenvalue weighted by Gasteiger charge is -2.33. The highest BCUT2D eigenvalue weighted by Crippen LogP contribution is 2.49. The Morgan fingerprint density at radius 3 is 2.52 bits per heavy atom. The van der Waals surface area contributed by atoms with Crippen molar-refractivity contribution in [1.82, 2.24) is 0 Å². The zero-order chi connectivity index (χ0) is 19.5. The van der Waals surface area contributed by atoms with Crippen LogP contribution >= 0.6 is 12.6 Å². The number of rotatable bonds is 1. The fraction of sp³-hybridized carbons (Fsp3) is 0.350. The number of thiol groups is 1. The second-order valence-corrected chi connectivity index (χ2v) is 7.49. The van der Waals surface area contributed by atoms with Gasteiger partial charge in [-0.1, -0.05) is 6.07 Å². The monoisotopic (exact) mass is 393 g/mol. The van der Waals surface area contributed by atoms with Gasteiger partial charge in [-0.25, -0.2) is 17.6 Å². The Bertz CT molecular complexity index is 973. The molecule has 2 nitrogen and oxygen atoms in total. The van der Waals surface area contributed by atoms with Gasteiger partial charge in [-0.2, -0.15) is 5.26 Å². The lowest BCUT2D eigenvalue weighted by Crippen LogP contribution is -2.25. The maximum atomic E-state index is 14.5. The van der Waals surface area contributed by atoms with Gasteiger partial charge in [-0.3, -0.25) is 0 Å². The number of hydrogen-bond donors (Lipinski definition) is 2. The van der Waals surface area contributed by atoms with Crippen LogP contribution in [0.5, 0.6) is 0 Å². The number of nitrogens with zero attached hydrogens (tertiary/aromatic N) is 1. The van der Waals surface area contributed by atoms with Crippen LogP contribution < -0.4 is 0 Å². The number of aliphatic hydroxyl groups is 1. The molecule has 0 heterocycles. The van der Waals surface area contributed by atoms with Crippen molar-refractivity contribution in [2.45, 2.75) is 48.3 Å². The topological polar surface area (TPSA) is 44.0 Å². The largest absolute Gasteiger partial charge is 0.385 e. The molecular weight excluding hydrogens is 378 g/mol. The quantitative estimate of drug-likeness (QED) is 0.540. The van der Waals surface area contributed by atoms with E-state index in [1.807, 2.05) is 6.07 Å². The summed E-state index contributed by atoms with van der Waals surface area (Å²) in [5.74, 6) is -1.55. The van der Waals surface area contributed by atoms with Gasteiger partial charge >= 0.3 is 0 Å². The average molecular weight is 393 g/mol. The lowest BCUT2D eigenvalue weighted by atomic mass is 9.74. The van der Waals surface area contributed by atoms with E-state index in [-0.39, 0.29) is 29.5 Å². The van der Waals surface area contributed by atoms with E-state index >= 15 is 0 Å². The average Bonchev–Trinajstić information content (AvgIpc) is 2.94. The number of fused-ring (bicyclic) bond motifs is 2. The summed E-state index contributed by atoms with van der Waals surface area (Å²) in [6.07, 6.45) is -7.10. The van der Waals surface area contributed by atoms with Crippen LogP contribution in [0.2, 0.25) is 0 Å². The van der Waals surface area contributed by atoms with Crippen LogP contribution in [0.3, 0.4) is 0 Å². The molecule has 1 N–H and O–H groups in total. The fourth-order valence-corrected chi connectivity index (χ4v) is 4.67. The van der Waals surface area contributed by atoms with Gasteiger partial charge in [0.05, 0.1) is 11.6 Å². The predicted octanol–water partition coefficient (Wildman–Crippen LogP) is 4.80. The van der Waals surface area contributed by atoms with Crippen LogP contribution in [-0.4, -0.2) is 17.4 Å². The summed E-state index contributed by atoms with van der Waals surface area (Å²) in [7, 11) is 0. The van der Waals surface area contributed by atoms with Crippen LogP contribution in [0, 0.1) is 17.1 Å². The molecule has 27 heavy (non-hydrogen) atoms. The van der Waals surface area contributed by atoms with E-state index in [2.05, 4.69) is 12.6 Å². The summed E-state index contributed by atoms with van der Waals surface area (Å²) in [6.45, 7) is 0. The molecule has 0 aliphatic heterocycles. The first-order valence-electron chi connectivity index (χ1n) is 8.51. The summed E-state index contributed by atoms with van der Waals surface area (Å²) in [6, 6.07) is 6.98. The molecule has 0 radical (unpaired) electrons. The number of benzene rings is 2. The standard InChI is InChI=1S/C20H15F4NOS/c21-9-3-8(7-25)17-11(5-14(22)19(24)13(17)4-9)10-1-2-16(27)18-12(10)6-15(23)20(18)26/h1-4,11,14-15,19-20,26-27H,5-6H2/t11-,14+,15-,19-,20-/m0/s1. The molecule has 0 bridgehead atoms. The Kier molecular flexibility index (Phi) is 4.44. The minimum absolute atomic E-state index is 0.0661. The first-order chi connectivity index (χ1) is 12.8. The highest BCUT2D eigenvalue weighted by molar-refractivity contribution is 7.80. The minimum atomic E-state index is -2.03. The Balaban J connectivity index is 1.96. The van der Waals surface area contributed by atoms with Crippen molar-refractivity contribution in [1.29, 1.82) is 5.26 Å². The van der Waals surface area contributed by atoms with Crippen LogP contribution in [0.4, 0.5) is 17.6 Å². The lowest BCUT2D eigenvalue weighted by molar-refractivity contribution is 0.0909. The maximum absolute atomic E-state index is 14.5. The van der Waals surface area contributed by atoms with Gasteiger partial charge in [0.1, 0.15) is 24.3 Å². The van der Waals surface area contributed by atoms with Crippen LogP contribution in [-0.2, 0) is 6.42 Å². The second-order valence-electron chi connectivity index (χ2n) is 7.01. The Hall–Kier alpha value is -2.04. The number of alkyl halides is 3. The smallest absolute Gasteiger partial charge is 0.157 e.